The van der Waals surface area contributed by atoms with Gasteiger partial charge in [0, 0.05) is 32.7 Å². The van der Waals surface area contributed by atoms with Crippen LogP contribution in [0.1, 0.15) is 42.8 Å². The van der Waals surface area contributed by atoms with Crippen molar-refractivity contribution in [1.82, 2.24) is 19.4 Å². The summed E-state index contributed by atoms with van der Waals surface area (Å²) in [6.07, 6.45) is 2.60. The molecule has 0 unspecified atom stereocenters. The largest absolute Gasteiger partial charge is 0.378 e. The summed E-state index contributed by atoms with van der Waals surface area (Å²) in [5.41, 5.74) is 6.34. The number of anilines is 2. The van der Waals surface area contributed by atoms with Crippen molar-refractivity contribution in [2.24, 2.45) is 7.05 Å². The Kier molecular flexibility index (Phi) is 7.54. The van der Waals surface area contributed by atoms with Crippen LogP contribution in [0.5, 0.6) is 0 Å². The van der Waals surface area contributed by atoms with E-state index in [4.69, 9.17) is 9.72 Å². The molecule has 2 aliphatic heterocycles. The Bertz CT molecular complexity index is 1550. The highest BCUT2D eigenvalue weighted by Crippen LogP contribution is 2.30. The summed E-state index contributed by atoms with van der Waals surface area (Å²) in [5.74, 6) is 1.36. The first-order valence-electron chi connectivity index (χ1n) is 14.4. The number of hydrogen-bond acceptors (Lipinski definition) is 7. The first-order chi connectivity index (χ1) is 19.5. The number of ether oxygens (including phenoxy) is 1. The number of benzene rings is 2. The summed E-state index contributed by atoms with van der Waals surface area (Å²) in [7, 11) is 1.79. The molecular formula is C32H38N6O2. The predicted molar refractivity (Wildman–Crippen MR) is 161 cm³/mol. The predicted octanol–water partition coefficient (Wildman–Crippen LogP) is 4.91. The highest BCUT2D eigenvalue weighted by atomic mass is 16.5. The zero-order valence-corrected chi connectivity index (χ0v) is 23.7. The SMILES string of the molecule is Cc1nc(N[C@H](C)c2ccc(-c3ccccc3CN3CCCC3)cc2)c2cc(N3CCOCC3)c(=O)n(C)c2n1. The topological polar surface area (TPSA) is 75.5 Å². The van der Waals surface area contributed by atoms with Gasteiger partial charge in [-0.15, -0.1) is 0 Å². The molecule has 0 spiro atoms. The van der Waals surface area contributed by atoms with Crippen molar-refractivity contribution in [3.8, 4) is 11.1 Å². The lowest BCUT2D eigenvalue weighted by atomic mass is 9.97. The second-order valence-corrected chi connectivity index (χ2v) is 11.0. The number of aryl methyl sites for hydroxylation is 2. The van der Waals surface area contributed by atoms with E-state index >= 15 is 0 Å². The Balaban J connectivity index is 1.27. The third-order valence-corrected chi connectivity index (χ3v) is 8.20. The molecule has 0 radical (unpaired) electrons. The zero-order valence-electron chi connectivity index (χ0n) is 23.7. The Morgan fingerprint density at radius 3 is 2.45 bits per heavy atom. The van der Waals surface area contributed by atoms with Gasteiger partial charge in [-0.1, -0.05) is 48.5 Å². The van der Waals surface area contributed by atoms with Crippen molar-refractivity contribution in [2.45, 2.75) is 39.3 Å². The molecule has 0 aliphatic carbocycles. The molecule has 0 amide bonds. The lowest BCUT2D eigenvalue weighted by molar-refractivity contribution is 0.122. The molecule has 0 bridgehead atoms. The Hall–Kier alpha value is -3.75. The van der Waals surface area contributed by atoms with Crippen LogP contribution in [-0.4, -0.2) is 58.8 Å². The van der Waals surface area contributed by atoms with E-state index in [9.17, 15) is 4.79 Å². The summed E-state index contributed by atoms with van der Waals surface area (Å²) >= 11 is 0. The number of hydrogen-bond donors (Lipinski definition) is 1. The fourth-order valence-electron chi connectivity index (χ4n) is 5.92. The minimum Gasteiger partial charge on any atom is -0.378 e. The smallest absolute Gasteiger partial charge is 0.275 e. The molecule has 8 heteroatoms. The molecule has 1 atom stereocenters. The number of rotatable bonds is 7. The average Bonchev–Trinajstić information content (AvgIpc) is 3.49. The van der Waals surface area contributed by atoms with Crippen LogP contribution in [0.3, 0.4) is 0 Å². The molecule has 1 N–H and O–H groups in total. The van der Waals surface area contributed by atoms with Crippen LogP contribution in [-0.2, 0) is 18.3 Å². The summed E-state index contributed by atoms with van der Waals surface area (Å²) in [6, 6.07) is 19.6. The zero-order chi connectivity index (χ0) is 27.6. The number of likely N-dealkylation sites (tertiary alicyclic amines) is 1. The number of fused-ring (bicyclic) bond motifs is 1. The summed E-state index contributed by atoms with van der Waals surface area (Å²) in [4.78, 5) is 27.2. The van der Waals surface area contributed by atoms with Crippen LogP contribution in [0, 0.1) is 6.92 Å². The van der Waals surface area contributed by atoms with Gasteiger partial charge in [0.2, 0.25) is 0 Å². The maximum Gasteiger partial charge on any atom is 0.275 e. The molecule has 2 aromatic carbocycles. The first-order valence-corrected chi connectivity index (χ1v) is 14.4. The first kappa shape index (κ1) is 26.5. The summed E-state index contributed by atoms with van der Waals surface area (Å²) in [6.45, 7) is 10.0. The second-order valence-electron chi connectivity index (χ2n) is 11.0. The van der Waals surface area contributed by atoms with Crippen LogP contribution in [0.15, 0.2) is 59.4 Å². The summed E-state index contributed by atoms with van der Waals surface area (Å²) < 4.78 is 7.14. The van der Waals surface area contributed by atoms with Gasteiger partial charge >= 0.3 is 0 Å². The van der Waals surface area contributed by atoms with Gasteiger partial charge in [0.15, 0.2) is 0 Å². The Morgan fingerprint density at radius 1 is 0.975 bits per heavy atom. The van der Waals surface area contributed by atoms with Gasteiger partial charge in [-0.2, -0.15) is 0 Å². The molecule has 4 aromatic rings. The molecular weight excluding hydrogens is 500 g/mol. The second kappa shape index (κ2) is 11.4. The van der Waals surface area contributed by atoms with Crippen molar-refractivity contribution < 1.29 is 4.74 Å². The quantitative estimate of drug-likeness (QED) is 0.358. The maximum absolute atomic E-state index is 13.2. The van der Waals surface area contributed by atoms with Gasteiger partial charge in [-0.05, 0) is 68.1 Å². The minimum atomic E-state index is -0.0490. The van der Waals surface area contributed by atoms with Crippen LogP contribution < -0.4 is 15.8 Å². The van der Waals surface area contributed by atoms with E-state index < -0.39 is 0 Å². The van der Waals surface area contributed by atoms with Crippen molar-refractivity contribution in [2.75, 3.05) is 49.6 Å². The minimum absolute atomic E-state index is 0.00969. The van der Waals surface area contributed by atoms with E-state index in [2.05, 4.69) is 75.6 Å². The summed E-state index contributed by atoms with van der Waals surface area (Å²) in [5, 5.41) is 4.46. The molecule has 6 rings (SSSR count). The fourth-order valence-corrected chi connectivity index (χ4v) is 5.92. The van der Waals surface area contributed by atoms with E-state index in [1.54, 1.807) is 11.6 Å². The molecule has 4 heterocycles. The number of aromatic nitrogens is 3. The number of morpholine rings is 1. The fraction of sp³-hybridized carbons (Fsp3) is 0.406. The van der Waals surface area contributed by atoms with Gasteiger partial charge in [0.1, 0.15) is 23.0 Å². The molecule has 2 aliphatic rings. The van der Waals surface area contributed by atoms with Gasteiger partial charge in [0.25, 0.3) is 5.56 Å². The van der Waals surface area contributed by atoms with Crippen LogP contribution in [0.4, 0.5) is 11.5 Å². The van der Waals surface area contributed by atoms with E-state index in [1.165, 1.54) is 48.2 Å². The standard InChI is InChI=1S/C32H38N6O2/c1-22(24-10-12-25(13-11-24)27-9-5-4-8-26(27)21-37-14-6-7-15-37)33-30-28-20-29(38-16-18-40-19-17-38)32(39)36(3)31(28)35-23(2)34-30/h4-5,8-13,20,22H,6-7,14-19,21H2,1-3H3,(H,33,34,35)/t22-/m1/s1. The van der Waals surface area contributed by atoms with E-state index in [0.29, 0.717) is 43.5 Å². The third kappa shape index (κ3) is 5.33. The molecule has 2 fully saturated rings. The van der Waals surface area contributed by atoms with Crippen molar-refractivity contribution in [1.29, 1.82) is 0 Å². The van der Waals surface area contributed by atoms with Crippen LogP contribution in [0.2, 0.25) is 0 Å². The lowest BCUT2D eigenvalue weighted by Crippen LogP contribution is -2.40. The highest BCUT2D eigenvalue weighted by molar-refractivity contribution is 5.89. The van der Waals surface area contributed by atoms with E-state index in [0.717, 1.165) is 17.7 Å². The molecule has 8 nitrogen and oxygen atoms in total. The lowest BCUT2D eigenvalue weighted by Gasteiger charge is -2.29. The van der Waals surface area contributed by atoms with Gasteiger partial charge in [-0.3, -0.25) is 14.3 Å². The Morgan fingerprint density at radius 2 is 1.70 bits per heavy atom. The highest BCUT2D eigenvalue weighted by Gasteiger charge is 2.20. The molecule has 2 aromatic heterocycles. The number of nitrogens with one attached hydrogen (secondary N) is 1. The monoisotopic (exact) mass is 538 g/mol. The molecule has 40 heavy (non-hydrogen) atoms. The number of nitrogens with zero attached hydrogens (tertiary/aromatic N) is 5. The van der Waals surface area contributed by atoms with Gasteiger partial charge in [-0.25, -0.2) is 9.97 Å². The number of pyridine rings is 1. The average molecular weight is 539 g/mol. The van der Waals surface area contributed by atoms with Gasteiger partial charge in [0.05, 0.1) is 18.6 Å². The molecule has 2 saturated heterocycles. The van der Waals surface area contributed by atoms with E-state index in [-0.39, 0.29) is 11.6 Å². The van der Waals surface area contributed by atoms with Crippen LogP contribution >= 0.6 is 0 Å². The van der Waals surface area contributed by atoms with Crippen LogP contribution in [0.25, 0.3) is 22.2 Å². The van der Waals surface area contributed by atoms with Crippen molar-refractivity contribution in [3.05, 3.63) is 81.9 Å². The molecule has 208 valence electrons. The van der Waals surface area contributed by atoms with Crippen molar-refractivity contribution in [3.63, 3.8) is 0 Å². The molecule has 0 saturated carbocycles. The Labute approximate surface area is 235 Å². The van der Waals surface area contributed by atoms with E-state index in [1.807, 2.05) is 13.0 Å². The van der Waals surface area contributed by atoms with Crippen molar-refractivity contribution >= 4 is 22.5 Å². The normalized spacial score (nSPS) is 16.9. The third-order valence-electron chi connectivity index (χ3n) is 8.20. The maximum atomic E-state index is 13.2. The van der Waals surface area contributed by atoms with Gasteiger partial charge < -0.3 is 15.0 Å².